The van der Waals surface area contributed by atoms with Crippen LogP contribution in [0.2, 0.25) is 0 Å². The average molecular weight is 1260 g/mol. The first-order valence-electron chi connectivity index (χ1n) is 28.2. The van der Waals surface area contributed by atoms with E-state index in [1.807, 2.05) is 24.4 Å². The number of benzene rings is 9. The number of ether oxygens (including phenoxy) is 1. The molecule has 0 atom stereocenters. The van der Waals surface area contributed by atoms with E-state index >= 15 is 4.39 Å². The molecular formula is C75H68FN4OPt-3. The molecule has 1 aliphatic rings. The predicted octanol–water partition coefficient (Wildman–Crippen LogP) is 20.8. The Hall–Kier alpha value is -8.05. The third-order valence-electron chi connectivity index (χ3n) is 15.8. The average Bonchev–Trinajstić information content (AvgIpc) is 4.10. The fourth-order valence-electron chi connectivity index (χ4n) is 11.3. The molecule has 7 heteroatoms. The summed E-state index contributed by atoms with van der Waals surface area (Å²) in [7, 11) is 0. The number of nitrogens with zero attached hydrogens (tertiary/aromatic N) is 4. The Morgan fingerprint density at radius 3 is 1.78 bits per heavy atom. The van der Waals surface area contributed by atoms with Crippen molar-refractivity contribution in [2.24, 2.45) is 0 Å². The number of para-hydroxylation sites is 3. The molecule has 0 radical (unpaired) electrons. The van der Waals surface area contributed by atoms with Crippen LogP contribution in [0.15, 0.2) is 200 Å². The van der Waals surface area contributed by atoms with E-state index < -0.39 is 0 Å². The van der Waals surface area contributed by atoms with Crippen molar-refractivity contribution in [2.45, 2.75) is 98.3 Å². The molecule has 0 amide bonds. The van der Waals surface area contributed by atoms with Gasteiger partial charge in [0.2, 0.25) is 0 Å². The van der Waals surface area contributed by atoms with Crippen molar-refractivity contribution in [3.63, 3.8) is 0 Å². The Morgan fingerprint density at radius 1 is 0.488 bits per heavy atom. The Balaban J connectivity index is 0.00000705. The van der Waals surface area contributed by atoms with Crippen molar-refractivity contribution in [3.05, 3.63) is 247 Å². The molecule has 1 aliphatic heterocycles. The van der Waals surface area contributed by atoms with Crippen LogP contribution in [0, 0.1) is 24.6 Å². The molecule has 414 valence electrons. The number of rotatable bonds is 10. The van der Waals surface area contributed by atoms with E-state index in [9.17, 15) is 0 Å². The van der Waals surface area contributed by atoms with Gasteiger partial charge in [-0.3, -0.25) is 0 Å². The number of halogens is 1. The second kappa shape index (κ2) is 21.7. The van der Waals surface area contributed by atoms with Crippen molar-refractivity contribution in [1.29, 1.82) is 0 Å². The second-order valence-corrected chi connectivity index (χ2v) is 25.0. The molecule has 2 aromatic heterocycles. The number of hydrogen-bond acceptors (Lipinski definition) is 4. The van der Waals surface area contributed by atoms with Crippen LogP contribution in [-0.2, 0) is 37.3 Å². The zero-order valence-corrected chi connectivity index (χ0v) is 50.9. The third-order valence-corrected chi connectivity index (χ3v) is 15.8. The Kier molecular flexibility index (Phi) is 14.8. The van der Waals surface area contributed by atoms with Crippen LogP contribution >= 0.6 is 0 Å². The predicted molar refractivity (Wildman–Crippen MR) is 336 cm³/mol. The van der Waals surface area contributed by atoms with Crippen molar-refractivity contribution in [2.75, 3.05) is 9.80 Å². The maximum absolute atomic E-state index is 15.0. The van der Waals surface area contributed by atoms with Crippen LogP contribution in [0.25, 0.3) is 72.1 Å². The second-order valence-electron chi connectivity index (χ2n) is 25.0. The topological polar surface area (TPSA) is 33.5 Å². The zero-order valence-electron chi connectivity index (χ0n) is 48.6. The number of fused-ring (bicyclic) bond motifs is 4. The van der Waals surface area contributed by atoms with Gasteiger partial charge < -0.3 is 19.1 Å². The summed E-state index contributed by atoms with van der Waals surface area (Å²) in [6, 6.07) is 75.2. The molecule has 11 aromatic rings. The van der Waals surface area contributed by atoms with Crippen LogP contribution in [0.5, 0.6) is 11.5 Å². The molecule has 0 fully saturated rings. The van der Waals surface area contributed by atoms with Gasteiger partial charge >= 0.3 is 0 Å². The number of pyridine rings is 1. The minimum atomic E-state index is -0.285. The fourth-order valence-corrected chi connectivity index (χ4v) is 11.3. The molecule has 0 saturated carbocycles. The van der Waals surface area contributed by atoms with E-state index in [0.29, 0.717) is 11.5 Å². The fraction of sp³-hybridized carbons (Fsp3) is 0.200. The van der Waals surface area contributed by atoms with Gasteiger partial charge in [0.1, 0.15) is 11.6 Å². The van der Waals surface area contributed by atoms with Crippen LogP contribution in [0.3, 0.4) is 0 Å². The zero-order chi connectivity index (χ0) is 56.5. The van der Waals surface area contributed by atoms with Crippen LogP contribution < -0.4 is 14.5 Å². The van der Waals surface area contributed by atoms with E-state index in [2.05, 4.69) is 273 Å². The first-order valence-corrected chi connectivity index (χ1v) is 28.2. The summed E-state index contributed by atoms with van der Waals surface area (Å²) >= 11 is 0. The minimum Gasteiger partial charge on any atom is -0.509 e. The van der Waals surface area contributed by atoms with Gasteiger partial charge in [-0.25, -0.2) is 9.37 Å². The van der Waals surface area contributed by atoms with Crippen LogP contribution in [-0.4, -0.2) is 9.55 Å². The number of anilines is 4. The maximum atomic E-state index is 15.0. The van der Waals surface area contributed by atoms with Gasteiger partial charge in [0, 0.05) is 72.5 Å². The quantitative estimate of drug-likeness (QED) is 0.128. The van der Waals surface area contributed by atoms with E-state index in [0.717, 1.165) is 94.9 Å². The smallest absolute Gasteiger partial charge is 0.135 e. The van der Waals surface area contributed by atoms with Gasteiger partial charge in [-0.1, -0.05) is 197 Å². The van der Waals surface area contributed by atoms with Gasteiger partial charge in [-0.15, -0.1) is 53.6 Å². The number of hydrogen-bond donors (Lipinski definition) is 0. The monoisotopic (exact) mass is 1250 g/mol. The van der Waals surface area contributed by atoms with Gasteiger partial charge in [-0.05, 0) is 132 Å². The van der Waals surface area contributed by atoms with Crippen LogP contribution in [0.1, 0.15) is 104 Å². The van der Waals surface area contributed by atoms with Gasteiger partial charge in [0.05, 0.1) is 0 Å². The summed E-state index contributed by atoms with van der Waals surface area (Å²) in [5.74, 6) is 1.90. The van der Waals surface area contributed by atoms with E-state index in [-0.39, 0.29) is 49.0 Å². The van der Waals surface area contributed by atoms with E-state index in [1.54, 1.807) is 12.1 Å². The SMILES string of the molecule is CC(C)c1ccccc1-c1cc(Oc2[c-]c3c(cc2)c2ccccc2n3-c2cc(C(C)(C)C)ccn2)[c-]c(N2[CH-]N(c3c(-c4ccc(F)cc4)cc(-c4ccccc4)cc3-c3cc(C(C)(C)C)cc(C(C)(C)C)c3)c3ccccc32)c1.[Pt]. The first-order chi connectivity index (χ1) is 38.8. The molecule has 0 saturated heterocycles. The molecule has 3 heterocycles. The summed E-state index contributed by atoms with van der Waals surface area (Å²) < 4.78 is 24.3. The Labute approximate surface area is 498 Å². The molecule has 12 rings (SSSR count). The van der Waals surface area contributed by atoms with Crippen molar-refractivity contribution in [3.8, 4) is 61.8 Å². The molecule has 0 bridgehead atoms. The van der Waals surface area contributed by atoms with Crippen molar-refractivity contribution < 1.29 is 30.2 Å². The normalized spacial score (nSPS) is 12.8. The van der Waals surface area contributed by atoms with Crippen LogP contribution in [0.4, 0.5) is 27.1 Å². The van der Waals surface area contributed by atoms with Gasteiger partial charge in [0.25, 0.3) is 0 Å². The molecule has 9 aromatic carbocycles. The molecule has 0 unspecified atom stereocenters. The minimum absolute atomic E-state index is 0. The molecule has 0 spiro atoms. The van der Waals surface area contributed by atoms with Gasteiger partial charge in [0.15, 0.2) is 0 Å². The third kappa shape index (κ3) is 10.7. The van der Waals surface area contributed by atoms with Crippen molar-refractivity contribution in [1.82, 2.24) is 9.55 Å². The molecule has 82 heavy (non-hydrogen) atoms. The molecular weight excluding hydrogens is 1190 g/mol. The summed E-state index contributed by atoms with van der Waals surface area (Å²) in [4.78, 5) is 9.50. The molecule has 5 nitrogen and oxygen atoms in total. The summed E-state index contributed by atoms with van der Waals surface area (Å²) in [5, 5.41) is 2.17. The Bertz CT molecular complexity index is 4140. The number of aromatic nitrogens is 2. The van der Waals surface area contributed by atoms with E-state index in [1.165, 1.54) is 22.3 Å². The standard InChI is InChI=1S/C75H68FN4O.Pt/c1-48(2)61-23-15-16-24-62(61)53-39-58(45-60(40-53)81-59-33-34-64-63-25-17-18-26-67(63)80(70(64)46-59)71-44-54(35-36-77-71)73(3,4)5)78-47-79(69-28-20-19-27-68(69)78)72-65(50-29-31-57(76)32-30-50)41-51(49-21-13-12-14-22-49)42-66(72)52-37-55(74(6,7)8)43-56(38-52)75(9,10)11;/h12-44,47-48H,1-11H3;/q-3;. The maximum Gasteiger partial charge on any atom is 0.135 e. The summed E-state index contributed by atoms with van der Waals surface area (Å²) in [6.07, 6.45) is 1.90. The van der Waals surface area contributed by atoms with Crippen molar-refractivity contribution >= 4 is 44.6 Å². The first kappa shape index (κ1) is 55.8. The Morgan fingerprint density at radius 2 is 1.10 bits per heavy atom. The largest absolute Gasteiger partial charge is 0.509 e. The summed E-state index contributed by atoms with van der Waals surface area (Å²) in [5.41, 5.74) is 18.5. The molecule has 0 aliphatic carbocycles. The van der Waals surface area contributed by atoms with E-state index in [4.69, 9.17) is 9.72 Å². The van der Waals surface area contributed by atoms with Gasteiger partial charge in [-0.2, -0.15) is 6.07 Å². The summed E-state index contributed by atoms with van der Waals surface area (Å²) in [6.45, 7) is 27.1. The molecule has 0 N–H and O–H groups in total.